The zero-order chi connectivity index (χ0) is 15.1. The molecule has 1 aromatic rings. The van der Waals surface area contributed by atoms with Crippen LogP contribution in [0.15, 0.2) is 30.3 Å². The zero-order valence-corrected chi connectivity index (χ0v) is 13.8. The molecule has 1 aromatic carbocycles. The molecule has 1 fully saturated rings. The van der Waals surface area contributed by atoms with Crippen molar-refractivity contribution in [3.05, 3.63) is 30.3 Å². The lowest BCUT2D eigenvalue weighted by Gasteiger charge is -2.29. The van der Waals surface area contributed by atoms with Crippen molar-refractivity contribution in [3.63, 3.8) is 0 Å². The Labute approximate surface area is 129 Å². The number of nitrogens with one attached hydrogen (secondary N) is 1. The van der Waals surface area contributed by atoms with Gasteiger partial charge in [-0.25, -0.2) is 0 Å². The number of hydrogen-bond acceptors (Lipinski definition) is 3. The molecule has 1 heterocycles. The summed E-state index contributed by atoms with van der Waals surface area (Å²) in [5.41, 5.74) is 0.213. The van der Waals surface area contributed by atoms with Gasteiger partial charge in [0.2, 0.25) is 0 Å². The standard InChI is InChI=1S/C18H30N2O/c1-18(2,3)19-15-16-9-7-12-20(16)13-8-14-21-17-10-5-4-6-11-17/h4-6,10-11,16,19H,7-9,12-15H2,1-3H3. The number of para-hydroxylation sites is 1. The van der Waals surface area contributed by atoms with Crippen LogP contribution in [-0.2, 0) is 0 Å². The van der Waals surface area contributed by atoms with Crippen LogP contribution >= 0.6 is 0 Å². The van der Waals surface area contributed by atoms with E-state index in [4.69, 9.17) is 4.74 Å². The molecule has 0 aromatic heterocycles. The van der Waals surface area contributed by atoms with Gasteiger partial charge in [-0.05, 0) is 58.7 Å². The minimum atomic E-state index is 0.213. The lowest BCUT2D eigenvalue weighted by Crippen LogP contribution is -2.45. The summed E-state index contributed by atoms with van der Waals surface area (Å²) in [5.74, 6) is 0.977. The van der Waals surface area contributed by atoms with Crippen LogP contribution in [0.1, 0.15) is 40.0 Å². The molecule has 3 nitrogen and oxygen atoms in total. The fraction of sp³-hybridized carbons (Fsp3) is 0.667. The van der Waals surface area contributed by atoms with Gasteiger partial charge in [-0.2, -0.15) is 0 Å². The molecule has 0 saturated carbocycles. The SMILES string of the molecule is CC(C)(C)NCC1CCCN1CCCOc1ccccc1. The Morgan fingerprint density at radius 1 is 1.24 bits per heavy atom. The maximum atomic E-state index is 5.77. The van der Waals surface area contributed by atoms with E-state index in [2.05, 4.69) is 31.0 Å². The number of ether oxygens (including phenoxy) is 1. The van der Waals surface area contributed by atoms with Crippen LogP contribution in [0.4, 0.5) is 0 Å². The van der Waals surface area contributed by atoms with Crippen LogP contribution in [0.3, 0.4) is 0 Å². The van der Waals surface area contributed by atoms with E-state index in [-0.39, 0.29) is 5.54 Å². The maximum Gasteiger partial charge on any atom is 0.119 e. The third-order valence-corrected chi connectivity index (χ3v) is 3.97. The molecular weight excluding hydrogens is 260 g/mol. The summed E-state index contributed by atoms with van der Waals surface area (Å²) in [6, 6.07) is 10.8. The van der Waals surface area contributed by atoms with Gasteiger partial charge in [0.15, 0.2) is 0 Å². The van der Waals surface area contributed by atoms with E-state index in [1.165, 1.54) is 19.4 Å². The van der Waals surface area contributed by atoms with E-state index in [0.29, 0.717) is 6.04 Å². The Morgan fingerprint density at radius 3 is 2.71 bits per heavy atom. The van der Waals surface area contributed by atoms with Crippen LogP contribution in [0.25, 0.3) is 0 Å². The molecule has 0 aliphatic carbocycles. The summed E-state index contributed by atoms with van der Waals surface area (Å²) in [7, 11) is 0. The van der Waals surface area contributed by atoms with E-state index in [1.54, 1.807) is 0 Å². The molecule has 1 N–H and O–H groups in total. The van der Waals surface area contributed by atoms with Gasteiger partial charge in [-0.1, -0.05) is 18.2 Å². The molecule has 21 heavy (non-hydrogen) atoms. The highest BCUT2D eigenvalue weighted by atomic mass is 16.5. The van der Waals surface area contributed by atoms with Gasteiger partial charge in [0.25, 0.3) is 0 Å². The van der Waals surface area contributed by atoms with Crippen LogP contribution in [-0.4, -0.2) is 42.7 Å². The van der Waals surface area contributed by atoms with Gasteiger partial charge in [0.1, 0.15) is 5.75 Å². The normalized spacial score (nSPS) is 19.9. The molecule has 118 valence electrons. The molecule has 1 unspecified atom stereocenters. The van der Waals surface area contributed by atoms with Gasteiger partial charge in [-0.3, -0.25) is 4.90 Å². The lowest BCUT2D eigenvalue weighted by molar-refractivity contribution is 0.209. The van der Waals surface area contributed by atoms with Gasteiger partial charge in [-0.15, -0.1) is 0 Å². The third kappa shape index (κ3) is 6.06. The highest BCUT2D eigenvalue weighted by Crippen LogP contribution is 2.18. The molecule has 1 saturated heterocycles. The van der Waals surface area contributed by atoms with E-state index >= 15 is 0 Å². The molecule has 2 rings (SSSR count). The second-order valence-electron chi connectivity index (χ2n) is 6.98. The van der Waals surface area contributed by atoms with Gasteiger partial charge >= 0.3 is 0 Å². The fourth-order valence-electron chi connectivity index (χ4n) is 2.82. The summed E-state index contributed by atoms with van der Waals surface area (Å²) in [4.78, 5) is 2.62. The first-order valence-corrected chi connectivity index (χ1v) is 8.21. The van der Waals surface area contributed by atoms with Crippen LogP contribution in [0.2, 0.25) is 0 Å². The monoisotopic (exact) mass is 290 g/mol. The molecule has 0 spiro atoms. The minimum Gasteiger partial charge on any atom is -0.494 e. The summed E-state index contributed by atoms with van der Waals surface area (Å²) in [6.07, 6.45) is 3.75. The Morgan fingerprint density at radius 2 is 2.00 bits per heavy atom. The van der Waals surface area contributed by atoms with E-state index < -0.39 is 0 Å². The highest BCUT2D eigenvalue weighted by Gasteiger charge is 2.24. The third-order valence-electron chi connectivity index (χ3n) is 3.97. The van der Waals surface area contributed by atoms with E-state index in [9.17, 15) is 0 Å². The largest absolute Gasteiger partial charge is 0.494 e. The first-order chi connectivity index (χ1) is 10.0. The molecule has 1 aliphatic heterocycles. The van der Waals surface area contributed by atoms with Crippen molar-refractivity contribution >= 4 is 0 Å². The molecule has 1 aliphatic rings. The van der Waals surface area contributed by atoms with Gasteiger partial charge in [0.05, 0.1) is 6.61 Å². The van der Waals surface area contributed by atoms with Gasteiger partial charge in [0, 0.05) is 24.7 Å². The molecule has 1 atom stereocenters. The predicted octanol–water partition coefficient (Wildman–Crippen LogP) is 3.31. The number of hydrogen-bond donors (Lipinski definition) is 1. The van der Waals surface area contributed by atoms with Crippen molar-refractivity contribution < 1.29 is 4.74 Å². The maximum absolute atomic E-state index is 5.77. The number of likely N-dealkylation sites (tertiary alicyclic amines) is 1. The Balaban J connectivity index is 1.65. The van der Waals surface area contributed by atoms with E-state index in [0.717, 1.165) is 31.9 Å². The van der Waals surface area contributed by atoms with Crippen molar-refractivity contribution in [3.8, 4) is 5.75 Å². The van der Waals surface area contributed by atoms with Crippen molar-refractivity contribution in [2.24, 2.45) is 0 Å². The predicted molar refractivity (Wildman–Crippen MR) is 88.9 cm³/mol. The minimum absolute atomic E-state index is 0.213. The van der Waals surface area contributed by atoms with Gasteiger partial charge < -0.3 is 10.1 Å². The van der Waals surface area contributed by atoms with Crippen molar-refractivity contribution in [2.75, 3.05) is 26.2 Å². The van der Waals surface area contributed by atoms with Crippen LogP contribution < -0.4 is 10.1 Å². The highest BCUT2D eigenvalue weighted by molar-refractivity contribution is 5.20. The Hall–Kier alpha value is -1.06. The summed E-state index contributed by atoms with van der Waals surface area (Å²) in [5, 5.41) is 3.64. The summed E-state index contributed by atoms with van der Waals surface area (Å²) in [6.45, 7) is 11.0. The second-order valence-corrected chi connectivity index (χ2v) is 6.98. The Bertz CT molecular complexity index is 399. The molecule has 0 bridgehead atoms. The van der Waals surface area contributed by atoms with Crippen molar-refractivity contribution in [1.29, 1.82) is 0 Å². The molecule has 3 heteroatoms. The average Bonchev–Trinajstić information content (AvgIpc) is 2.89. The Kier molecular flexibility index (Phi) is 6.07. The topological polar surface area (TPSA) is 24.5 Å². The first kappa shape index (κ1) is 16.3. The number of benzene rings is 1. The zero-order valence-electron chi connectivity index (χ0n) is 13.8. The number of nitrogens with zero attached hydrogens (tertiary/aromatic N) is 1. The molecule has 0 radical (unpaired) electrons. The second kappa shape index (κ2) is 7.81. The van der Waals surface area contributed by atoms with E-state index in [1.807, 2.05) is 30.3 Å². The average molecular weight is 290 g/mol. The molecule has 0 amide bonds. The fourth-order valence-corrected chi connectivity index (χ4v) is 2.82. The molecular formula is C18H30N2O. The lowest BCUT2D eigenvalue weighted by atomic mass is 10.1. The number of rotatable bonds is 7. The van der Waals surface area contributed by atoms with Crippen molar-refractivity contribution in [2.45, 2.75) is 51.6 Å². The van der Waals surface area contributed by atoms with Crippen molar-refractivity contribution in [1.82, 2.24) is 10.2 Å². The summed E-state index contributed by atoms with van der Waals surface area (Å²) < 4.78 is 5.77. The van der Waals surface area contributed by atoms with Crippen LogP contribution in [0, 0.1) is 0 Å². The first-order valence-electron chi connectivity index (χ1n) is 8.21. The quantitative estimate of drug-likeness (QED) is 0.780. The smallest absolute Gasteiger partial charge is 0.119 e. The summed E-state index contributed by atoms with van der Waals surface area (Å²) >= 11 is 0. The van der Waals surface area contributed by atoms with Crippen LogP contribution in [0.5, 0.6) is 5.75 Å².